The lowest BCUT2D eigenvalue weighted by Crippen LogP contribution is -2.59. The van der Waals surface area contributed by atoms with Crippen molar-refractivity contribution in [1.29, 1.82) is 0 Å². The number of sulfonamides is 1. The molecule has 4 atom stereocenters. The molecule has 2 aromatic carbocycles. The highest BCUT2D eigenvalue weighted by atomic mass is 35.5. The van der Waals surface area contributed by atoms with E-state index in [1.54, 1.807) is 65.8 Å². The van der Waals surface area contributed by atoms with E-state index < -0.39 is 34.1 Å². The molecule has 1 saturated carbocycles. The number of nitrogens with one attached hydrogen (secondary N) is 2. The summed E-state index contributed by atoms with van der Waals surface area (Å²) in [6.07, 6.45) is 7.00. The Morgan fingerprint density at radius 2 is 1.82 bits per heavy atom. The summed E-state index contributed by atoms with van der Waals surface area (Å²) in [6, 6.07) is 12.0. The standard InChI is InChI=1S/C28H29Cl2N5O4S/c1-40(38,39)34-23-8-4-5-9-24(23)35-26(21-11-10-18(29)14-22(21)30)25(19-6-2-3-7-20(19)28(35)37)27(36)31-15-17-12-13-32-33-16-17/h2-3,6-7,10-14,16,23-26,34H,4-5,8-9,15H2,1H3,(H,31,36)/t23-,24-,25+,26-/m0/s1. The van der Waals surface area contributed by atoms with Gasteiger partial charge in [-0.1, -0.05) is 60.3 Å². The highest BCUT2D eigenvalue weighted by Crippen LogP contribution is 2.47. The Morgan fingerprint density at radius 3 is 2.55 bits per heavy atom. The van der Waals surface area contributed by atoms with Gasteiger partial charge in [0.25, 0.3) is 5.91 Å². The van der Waals surface area contributed by atoms with Crippen LogP contribution in [-0.2, 0) is 21.4 Å². The zero-order valence-corrected chi connectivity index (χ0v) is 24.1. The van der Waals surface area contributed by atoms with Crippen molar-refractivity contribution in [2.24, 2.45) is 0 Å². The topological polar surface area (TPSA) is 121 Å². The first-order chi connectivity index (χ1) is 19.1. The fraction of sp³-hybridized carbons (Fsp3) is 0.357. The predicted octanol–water partition coefficient (Wildman–Crippen LogP) is 4.24. The van der Waals surface area contributed by atoms with Gasteiger partial charge in [-0.25, -0.2) is 13.1 Å². The van der Waals surface area contributed by atoms with Crippen LogP contribution in [0.3, 0.4) is 0 Å². The third kappa shape index (κ3) is 6.00. The van der Waals surface area contributed by atoms with E-state index in [1.165, 1.54) is 0 Å². The first kappa shape index (κ1) is 28.5. The Morgan fingerprint density at radius 1 is 1.05 bits per heavy atom. The largest absolute Gasteiger partial charge is 0.351 e. The molecule has 2 aliphatic rings. The highest BCUT2D eigenvalue weighted by molar-refractivity contribution is 7.88. The first-order valence-electron chi connectivity index (χ1n) is 13.0. The van der Waals surface area contributed by atoms with Crippen LogP contribution in [0.15, 0.2) is 60.9 Å². The lowest BCUT2D eigenvalue weighted by molar-refractivity contribution is -0.124. The molecule has 40 heavy (non-hydrogen) atoms. The summed E-state index contributed by atoms with van der Waals surface area (Å²) in [4.78, 5) is 30.0. The van der Waals surface area contributed by atoms with Gasteiger partial charge in [0, 0.05) is 40.4 Å². The minimum atomic E-state index is -3.56. The number of amides is 2. The van der Waals surface area contributed by atoms with E-state index in [-0.39, 0.29) is 18.4 Å². The number of carbonyl (C=O) groups excluding carboxylic acids is 2. The second kappa shape index (κ2) is 11.8. The summed E-state index contributed by atoms with van der Waals surface area (Å²) >= 11 is 13.0. The highest BCUT2D eigenvalue weighted by Gasteiger charge is 2.49. The number of aromatic nitrogens is 2. The number of rotatable bonds is 7. The van der Waals surface area contributed by atoms with Crippen LogP contribution in [0, 0.1) is 0 Å². The van der Waals surface area contributed by atoms with Crippen molar-refractivity contribution in [2.75, 3.05) is 6.26 Å². The number of hydrogen-bond acceptors (Lipinski definition) is 6. The number of halogens is 2. The van der Waals surface area contributed by atoms with Crippen molar-refractivity contribution in [1.82, 2.24) is 25.1 Å². The van der Waals surface area contributed by atoms with Gasteiger partial charge in [-0.3, -0.25) is 9.59 Å². The Bertz CT molecular complexity index is 1520. The number of nitrogens with zero attached hydrogens (tertiary/aromatic N) is 3. The quantitative estimate of drug-likeness (QED) is 0.418. The van der Waals surface area contributed by atoms with Crippen molar-refractivity contribution < 1.29 is 18.0 Å². The molecule has 1 aliphatic carbocycles. The summed E-state index contributed by atoms with van der Waals surface area (Å²) < 4.78 is 27.4. The van der Waals surface area contributed by atoms with E-state index in [4.69, 9.17) is 23.2 Å². The van der Waals surface area contributed by atoms with Crippen LogP contribution in [0.4, 0.5) is 0 Å². The van der Waals surface area contributed by atoms with E-state index in [0.29, 0.717) is 39.6 Å². The van der Waals surface area contributed by atoms with Crippen molar-refractivity contribution in [2.45, 2.75) is 56.3 Å². The van der Waals surface area contributed by atoms with Crippen molar-refractivity contribution in [3.05, 3.63) is 93.2 Å². The Kier molecular flexibility index (Phi) is 8.42. The van der Waals surface area contributed by atoms with Gasteiger partial charge in [0.1, 0.15) is 0 Å². The molecule has 0 bridgehead atoms. The van der Waals surface area contributed by atoms with Gasteiger partial charge in [-0.2, -0.15) is 10.2 Å². The Hall–Kier alpha value is -3.05. The second-order valence-corrected chi connectivity index (χ2v) is 12.8. The van der Waals surface area contributed by atoms with E-state index in [1.807, 2.05) is 0 Å². The summed E-state index contributed by atoms with van der Waals surface area (Å²) in [5.41, 5.74) is 2.31. The molecule has 1 fully saturated rings. The van der Waals surface area contributed by atoms with Gasteiger partial charge in [-0.05, 0) is 53.8 Å². The smallest absolute Gasteiger partial charge is 0.255 e. The van der Waals surface area contributed by atoms with Crippen LogP contribution >= 0.6 is 23.2 Å². The van der Waals surface area contributed by atoms with Crippen LogP contribution in [0.2, 0.25) is 10.0 Å². The van der Waals surface area contributed by atoms with Crippen LogP contribution in [0.1, 0.15) is 64.7 Å². The maximum atomic E-state index is 14.3. The molecule has 210 valence electrons. The average molecular weight is 603 g/mol. The predicted molar refractivity (Wildman–Crippen MR) is 152 cm³/mol. The molecule has 5 rings (SSSR count). The average Bonchev–Trinajstić information content (AvgIpc) is 2.92. The molecule has 2 amide bonds. The van der Waals surface area contributed by atoms with Gasteiger partial charge < -0.3 is 10.2 Å². The first-order valence-corrected chi connectivity index (χ1v) is 15.7. The van der Waals surface area contributed by atoms with Crippen molar-refractivity contribution in [3.8, 4) is 0 Å². The monoisotopic (exact) mass is 601 g/mol. The third-order valence-electron chi connectivity index (χ3n) is 7.50. The molecular formula is C28H29Cl2N5O4S. The number of hydrogen-bond donors (Lipinski definition) is 2. The fourth-order valence-corrected chi connectivity index (χ4v) is 7.19. The Labute approximate surface area is 243 Å². The number of carbonyl (C=O) groups is 2. The molecule has 0 spiro atoms. The summed E-state index contributed by atoms with van der Waals surface area (Å²) in [7, 11) is -3.56. The maximum Gasteiger partial charge on any atom is 0.255 e. The molecule has 1 aromatic heterocycles. The van der Waals surface area contributed by atoms with Crippen molar-refractivity contribution >= 4 is 45.0 Å². The van der Waals surface area contributed by atoms with Crippen LogP contribution in [0.5, 0.6) is 0 Å². The molecule has 0 saturated heterocycles. The summed E-state index contributed by atoms with van der Waals surface area (Å²) in [5.74, 6) is -1.41. The van der Waals surface area contributed by atoms with Crippen molar-refractivity contribution in [3.63, 3.8) is 0 Å². The third-order valence-corrected chi connectivity index (χ3v) is 8.80. The molecule has 2 N–H and O–H groups in total. The normalized spacial score (nSPS) is 23.0. The lowest BCUT2D eigenvalue weighted by atomic mass is 9.76. The molecule has 1 aliphatic heterocycles. The van der Waals surface area contributed by atoms with Gasteiger partial charge in [-0.15, -0.1) is 0 Å². The number of fused-ring (bicyclic) bond motifs is 1. The second-order valence-electron chi connectivity index (χ2n) is 10.2. The molecule has 9 nitrogen and oxygen atoms in total. The van der Waals surface area contributed by atoms with Crippen LogP contribution < -0.4 is 10.0 Å². The maximum absolute atomic E-state index is 14.3. The number of benzene rings is 2. The van der Waals surface area contributed by atoms with E-state index in [0.717, 1.165) is 24.7 Å². The van der Waals surface area contributed by atoms with Gasteiger partial charge >= 0.3 is 0 Å². The molecule has 2 heterocycles. The minimum absolute atomic E-state index is 0.212. The molecule has 12 heteroatoms. The van der Waals surface area contributed by atoms with Gasteiger partial charge in [0.05, 0.1) is 24.4 Å². The summed E-state index contributed by atoms with van der Waals surface area (Å²) in [6.45, 7) is 0.212. The van der Waals surface area contributed by atoms with E-state index in [2.05, 4.69) is 20.2 Å². The minimum Gasteiger partial charge on any atom is -0.351 e. The van der Waals surface area contributed by atoms with Gasteiger partial charge in [0.2, 0.25) is 15.9 Å². The lowest BCUT2D eigenvalue weighted by Gasteiger charge is -2.49. The Balaban J connectivity index is 1.65. The van der Waals surface area contributed by atoms with E-state index >= 15 is 0 Å². The molecule has 0 unspecified atom stereocenters. The molecular weight excluding hydrogens is 573 g/mol. The zero-order valence-electron chi connectivity index (χ0n) is 21.8. The zero-order chi connectivity index (χ0) is 28.4. The molecule has 3 aromatic rings. The van der Waals surface area contributed by atoms with Crippen LogP contribution in [0.25, 0.3) is 0 Å². The van der Waals surface area contributed by atoms with E-state index in [9.17, 15) is 18.0 Å². The van der Waals surface area contributed by atoms with Gasteiger partial charge in [0.15, 0.2) is 0 Å². The van der Waals surface area contributed by atoms with Crippen LogP contribution in [-0.4, -0.2) is 53.7 Å². The summed E-state index contributed by atoms with van der Waals surface area (Å²) in [5, 5.41) is 11.4. The molecule has 0 radical (unpaired) electrons. The SMILES string of the molecule is CS(=O)(=O)N[C@H]1CCCC[C@@H]1N1C(=O)c2ccccc2[C@@H](C(=O)NCc2ccnnc2)[C@@H]1c1ccc(Cl)cc1Cl. The fourth-order valence-electron chi connectivity index (χ4n) is 5.85.